The molecule has 1 rings (SSSR count). The second kappa shape index (κ2) is 8.20. The van der Waals surface area contributed by atoms with Gasteiger partial charge in [-0.15, -0.1) is 0 Å². The first-order valence-electron chi connectivity index (χ1n) is 5.61. The first-order valence-corrected chi connectivity index (χ1v) is 6.40. The van der Waals surface area contributed by atoms with Gasteiger partial charge in [0.1, 0.15) is 11.2 Å². The van der Waals surface area contributed by atoms with Crippen LogP contribution in [0.15, 0.2) is 22.9 Å². The van der Waals surface area contributed by atoms with Crippen molar-refractivity contribution in [1.82, 2.24) is 4.98 Å². The van der Waals surface area contributed by atoms with Crippen molar-refractivity contribution >= 4 is 21.9 Å². The lowest BCUT2D eigenvalue weighted by atomic mass is 10.3. The smallest absolute Gasteiger partial charge is 0.340 e. The number of nitrogens with zero attached hydrogens (tertiary/aromatic N) is 1. The highest BCUT2D eigenvalue weighted by Gasteiger charge is 2.11. The maximum Gasteiger partial charge on any atom is 0.340 e. The van der Waals surface area contributed by atoms with E-state index in [2.05, 4.69) is 27.8 Å². The second-order valence-corrected chi connectivity index (χ2v) is 4.19. The lowest BCUT2D eigenvalue weighted by Crippen LogP contribution is -2.12. The van der Waals surface area contributed by atoms with Crippen LogP contribution in [0.1, 0.15) is 30.1 Å². The number of hydrogen-bond acceptors (Lipinski definition) is 4. The molecule has 5 heteroatoms. The zero-order valence-corrected chi connectivity index (χ0v) is 11.4. The van der Waals surface area contributed by atoms with E-state index in [0.29, 0.717) is 23.4 Å². The molecule has 1 aromatic rings. The summed E-state index contributed by atoms with van der Waals surface area (Å²) in [7, 11) is 0. The Morgan fingerprint density at radius 2 is 2.24 bits per heavy atom. The van der Waals surface area contributed by atoms with Crippen molar-refractivity contribution in [3.63, 3.8) is 0 Å². The fourth-order valence-electron chi connectivity index (χ4n) is 1.16. The monoisotopic (exact) mass is 301 g/mol. The number of rotatable bonds is 7. The van der Waals surface area contributed by atoms with Crippen molar-refractivity contribution in [2.24, 2.45) is 0 Å². The van der Waals surface area contributed by atoms with Crippen molar-refractivity contribution in [2.75, 3.05) is 19.8 Å². The van der Waals surface area contributed by atoms with Gasteiger partial charge in [-0.05, 0) is 34.5 Å². The lowest BCUT2D eigenvalue weighted by Gasteiger charge is -2.06. The Hall–Kier alpha value is -0.940. The molecular formula is C12H16BrNO3. The molecule has 0 bridgehead atoms. The number of esters is 1. The van der Waals surface area contributed by atoms with Gasteiger partial charge >= 0.3 is 5.97 Å². The molecule has 17 heavy (non-hydrogen) atoms. The summed E-state index contributed by atoms with van der Waals surface area (Å²) in [5.74, 6) is -0.385. The molecule has 0 unspecified atom stereocenters. The fraction of sp³-hybridized carbons (Fsp3) is 0.500. The van der Waals surface area contributed by atoms with Crippen molar-refractivity contribution in [2.45, 2.75) is 19.8 Å². The van der Waals surface area contributed by atoms with E-state index in [9.17, 15) is 4.79 Å². The minimum absolute atomic E-state index is 0.268. The summed E-state index contributed by atoms with van der Waals surface area (Å²) in [5.41, 5.74) is 0.432. The third-order valence-electron chi connectivity index (χ3n) is 2.08. The fourth-order valence-corrected chi connectivity index (χ4v) is 1.57. The molecule has 4 nitrogen and oxygen atoms in total. The van der Waals surface area contributed by atoms with E-state index >= 15 is 0 Å². The van der Waals surface area contributed by atoms with Crippen LogP contribution in [0.4, 0.5) is 0 Å². The van der Waals surface area contributed by atoms with Crippen molar-refractivity contribution in [3.05, 3.63) is 28.5 Å². The summed E-state index contributed by atoms with van der Waals surface area (Å²) in [5, 5.41) is 0. The molecule has 1 heterocycles. The molecule has 0 atom stereocenters. The minimum atomic E-state index is -0.385. The van der Waals surface area contributed by atoms with Crippen molar-refractivity contribution in [1.29, 1.82) is 0 Å². The lowest BCUT2D eigenvalue weighted by molar-refractivity contribution is 0.0312. The molecule has 94 valence electrons. The number of carbonyl (C=O) groups is 1. The maximum atomic E-state index is 11.6. The quantitative estimate of drug-likeness (QED) is 0.441. The Kier molecular flexibility index (Phi) is 6.81. The van der Waals surface area contributed by atoms with E-state index in [1.807, 2.05) is 0 Å². The van der Waals surface area contributed by atoms with Crippen LogP contribution >= 0.6 is 15.9 Å². The summed E-state index contributed by atoms with van der Waals surface area (Å²) in [6.07, 6.45) is 3.74. The van der Waals surface area contributed by atoms with Crippen molar-refractivity contribution in [3.8, 4) is 0 Å². The van der Waals surface area contributed by atoms with E-state index in [1.54, 1.807) is 18.3 Å². The molecule has 0 saturated heterocycles. The first-order chi connectivity index (χ1) is 8.25. The Morgan fingerprint density at radius 1 is 1.41 bits per heavy atom. The highest BCUT2D eigenvalue weighted by molar-refractivity contribution is 9.10. The van der Waals surface area contributed by atoms with E-state index in [0.717, 1.165) is 12.8 Å². The molecule has 0 fully saturated rings. The van der Waals surface area contributed by atoms with Gasteiger partial charge in [0.05, 0.1) is 12.2 Å². The summed E-state index contributed by atoms with van der Waals surface area (Å²) in [4.78, 5) is 15.6. The van der Waals surface area contributed by atoms with Crippen LogP contribution in [-0.4, -0.2) is 30.8 Å². The van der Waals surface area contributed by atoms with E-state index < -0.39 is 0 Å². The van der Waals surface area contributed by atoms with Crippen molar-refractivity contribution < 1.29 is 14.3 Å². The Balaban J connectivity index is 2.24. The molecular weight excluding hydrogens is 286 g/mol. The van der Waals surface area contributed by atoms with Gasteiger partial charge in [0.25, 0.3) is 0 Å². The summed E-state index contributed by atoms with van der Waals surface area (Å²) >= 11 is 3.20. The molecule has 0 spiro atoms. The van der Waals surface area contributed by atoms with E-state index in [4.69, 9.17) is 9.47 Å². The predicted octanol–water partition coefficient (Wildman–Crippen LogP) is 2.82. The normalized spacial score (nSPS) is 10.2. The van der Waals surface area contributed by atoms with Crippen LogP contribution < -0.4 is 0 Å². The third kappa shape index (κ3) is 5.28. The topological polar surface area (TPSA) is 48.4 Å². The first kappa shape index (κ1) is 14.1. The molecule has 0 aliphatic carbocycles. The van der Waals surface area contributed by atoms with Crippen LogP contribution in [0.2, 0.25) is 0 Å². The molecule has 0 radical (unpaired) electrons. The second-order valence-electron chi connectivity index (χ2n) is 3.44. The molecule has 0 amide bonds. The highest BCUT2D eigenvalue weighted by atomic mass is 79.9. The van der Waals surface area contributed by atoms with Gasteiger partial charge in [0.2, 0.25) is 0 Å². The van der Waals surface area contributed by atoms with Crippen LogP contribution in [0.5, 0.6) is 0 Å². The Labute approximate surface area is 109 Å². The highest BCUT2D eigenvalue weighted by Crippen LogP contribution is 2.13. The summed E-state index contributed by atoms with van der Waals surface area (Å²) < 4.78 is 10.8. The number of pyridine rings is 1. The van der Waals surface area contributed by atoms with Gasteiger partial charge < -0.3 is 9.47 Å². The molecule has 0 aliphatic rings. The predicted molar refractivity (Wildman–Crippen MR) is 67.9 cm³/mol. The Bertz CT molecular complexity index is 357. The zero-order valence-electron chi connectivity index (χ0n) is 9.82. The number of halogens is 1. The standard InChI is InChI=1S/C12H16BrNO3/c1-2-3-7-16-8-9-17-12(15)10-5-4-6-14-11(10)13/h4-6H,2-3,7-9H2,1H3. The Morgan fingerprint density at radius 3 is 2.94 bits per heavy atom. The van der Waals surface area contributed by atoms with E-state index in [1.165, 1.54) is 0 Å². The zero-order chi connectivity index (χ0) is 12.5. The van der Waals surface area contributed by atoms with Crippen LogP contribution in [-0.2, 0) is 9.47 Å². The minimum Gasteiger partial charge on any atom is -0.460 e. The average molecular weight is 302 g/mol. The average Bonchev–Trinajstić information content (AvgIpc) is 2.34. The van der Waals surface area contributed by atoms with Gasteiger partial charge in [0, 0.05) is 12.8 Å². The number of aromatic nitrogens is 1. The largest absolute Gasteiger partial charge is 0.460 e. The number of hydrogen-bond donors (Lipinski definition) is 0. The molecule has 0 aromatic carbocycles. The molecule has 1 aromatic heterocycles. The summed E-state index contributed by atoms with van der Waals surface area (Å²) in [6.45, 7) is 3.52. The van der Waals surface area contributed by atoms with Crippen LogP contribution in [0.3, 0.4) is 0 Å². The van der Waals surface area contributed by atoms with E-state index in [-0.39, 0.29) is 12.6 Å². The molecule has 0 saturated carbocycles. The van der Waals surface area contributed by atoms with Gasteiger partial charge in [-0.1, -0.05) is 13.3 Å². The van der Waals surface area contributed by atoms with Gasteiger partial charge in [-0.2, -0.15) is 0 Å². The van der Waals surface area contributed by atoms with Gasteiger partial charge in [-0.25, -0.2) is 9.78 Å². The number of unbranched alkanes of at least 4 members (excludes halogenated alkanes) is 1. The molecule has 0 N–H and O–H groups in total. The number of ether oxygens (including phenoxy) is 2. The summed E-state index contributed by atoms with van der Waals surface area (Å²) in [6, 6.07) is 3.36. The van der Waals surface area contributed by atoms with Crippen LogP contribution in [0, 0.1) is 0 Å². The molecule has 0 aliphatic heterocycles. The maximum absolute atomic E-state index is 11.6. The van der Waals surface area contributed by atoms with Gasteiger partial charge in [0.15, 0.2) is 0 Å². The third-order valence-corrected chi connectivity index (χ3v) is 2.71. The SMILES string of the molecule is CCCCOCCOC(=O)c1cccnc1Br. The van der Waals surface area contributed by atoms with Gasteiger partial charge in [-0.3, -0.25) is 0 Å². The van der Waals surface area contributed by atoms with Crippen LogP contribution in [0.25, 0.3) is 0 Å². The number of carbonyl (C=O) groups excluding carboxylic acids is 1.